The number of halogens is 3. The maximum atomic E-state index is 14.1. The van der Waals surface area contributed by atoms with E-state index in [1.54, 1.807) is 17.6 Å². The molecule has 0 amide bonds. The zero-order valence-electron chi connectivity index (χ0n) is 17.9. The molecule has 5 rings (SSSR count). The number of piperazine rings is 1. The summed E-state index contributed by atoms with van der Waals surface area (Å²) >= 11 is 1.36. The van der Waals surface area contributed by atoms with Crippen molar-refractivity contribution in [1.29, 1.82) is 0 Å². The number of hydrazone groups is 1. The molecular formula is C20H23F3N8O2S. The Hall–Kier alpha value is -2.94. The Morgan fingerprint density at radius 2 is 2.12 bits per heavy atom. The molecule has 6 N–H and O–H groups in total. The van der Waals surface area contributed by atoms with Crippen molar-refractivity contribution in [3.05, 3.63) is 29.3 Å². The van der Waals surface area contributed by atoms with Crippen LogP contribution in [0.3, 0.4) is 0 Å². The molecular weight excluding hydrogens is 473 g/mol. The summed E-state index contributed by atoms with van der Waals surface area (Å²) in [6.45, 7) is 0.768. The third-order valence-electron chi connectivity index (χ3n) is 6.00. The number of nitrogens with one attached hydrogen (secondary N) is 2. The fourth-order valence-corrected chi connectivity index (χ4v) is 5.14. The van der Waals surface area contributed by atoms with Crippen molar-refractivity contribution in [2.75, 3.05) is 24.6 Å². The molecule has 182 valence electrons. The van der Waals surface area contributed by atoms with Gasteiger partial charge in [-0.05, 0) is 18.9 Å². The Labute approximate surface area is 196 Å². The minimum atomic E-state index is -4.74. The smallest absolute Gasteiger partial charge is 0.418 e. The Morgan fingerprint density at radius 3 is 2.74 bits per heavy atom. The lowest BCUT2D eigenvalue weighted by molar-refractivity contribution is -0.219. The zero-order valence-corrected chi connectivity index (χ0v) is 18.7. The summed E-state index contributed by atoms with van der Waals surface area (Å²) in [5, 5.41) is 9.21. The molecule has 2 fully saturated rings. The van der Waals surface area contributed by atoms with E-state index >= 15 is 0 Å². The van der Waals surface area contributed by atoms with Crippen LogP contribution in [0.4, 0.5) is 19.2 Å². The fourth-order valence-electron chi connectivity index (χ4n) is 4.48. The third kappa shape index (κ3) is 4.29. The average molecular weight is 497 g/mol. The van der Waals surface area contributed by atoms with Crippen LogP contribution in [0.5, 0.6) is 0 Å². The summed E-state index contributed by atoms with van der Waals surface area (Å²) in [6.07, 6.45) is -3.33. The van der Waals surface area contributed by atoms with E-state index in [4.69, 9.17) is 20.8 Å². The molecule has 2 saturated heterocycles. The number of aromatic nitrogens is 2. The van der Waals surface area contributed by atoms with Crippen LogP contribution in [0.25, 0.3) is 21.7 Å². The van der Waals surface area contributed by atoms with E-state index in [1.165, 1.54) is 17.4 Å². The summed E-state index contributed by atoms with van der Waals surface area (Å²) < 4.78 is 53.6. The molecule has 2 aliphatic heterocycles. The number of oxazole rings is 1. The molecule has 2 bridgehead atoms. The highest BCUT2D eigenvalue weighted by atomic mass is 32.1. The summed E-state index contributed by atoms with van der Waals surface area (Å²) in [6, 6.07) is 3.78. The molecule has 14 heteroatoms. The Morgan fingerprint density at radius 1 is 1.35 bits per heavy atom. The molecule has 0 aliphatic carbocycles. The van der Waals surface area contributed by atoms with Crippen LogP contribution in [0, 0.1) is 0 Å². The number of alkyl halides is 3. The van der Waals surface area contributed by atoms with Crippen molar-refractivity contribution >= 4 is 34.3 Å². The van der Waals surface area contributed by atoms with Crippen LogP contribution in [0.2, 0.25) is 0 Å². The van der Waals surface area contributed by atoms with Gasteiger partial charge in [-0.2, -0.15) is 23.3 Å². The number of benzene rings is 1. The number of rotatable bonds is 6. The normalized spacial score (nSPS) is 21.9. The van der Waals surface area contributed by atoms with Crippen LogP contribution >= 0.6 is 11.3 Å². The molecule has 2 aliphatic rings. The lowest BCUT2D eigenvalue weighted by atomic mass is 10.0. The van der Waals surface area contributed by atoms with Crippen molar-refractivity contribution < 1.29 is 22.3 Å². The second kappa shape index (κ2) is 9.02. The van der Waals surface area contributed by atoms with Gasteiger partial charge in [0.05, 0.1) is 5.56 Å². The Bertz CT molecular complexity index is 1170. The van der Waals surface area contributed by atoms with E-state index in [0.29, 0.717) is 35.7 Å². The molecule has 3 aromatic rings. The number of nitrogens with two attached hydrogens (primary N) is 2. The van der Waals surface area contributed by atoms with Crippen molar-refractivity contribution in [3.8, 4) is 10.6 Å². The third-order valence-corrected chi connectivity index (χ3v) is 6.81. The second-order valence-corrected chi connectivity index (χ2v) is 9.10. The second-order valence-electron chi connectivity index (χ2n) is 8.21. The van der Waals surface area contributed by atoms with Gasteiger partial charge in [-0.15, -0.1) is 11.3 Å². The first-order valence-corrected chi connectivity index (χ1v) is 11.5. The van der Waals surface area contributed by atoms with Gasteiger partial charge in [0.2, 0.25) is 0 Å². The first-order valence-electron chi connectivity index (χ1n) is 10.6. The van der Waals surface area contributed by atoms with E-state index in [0.717, 1.165) is 12.8 Å². The molecule has 10 nitrogen and oxygen atoms in total. The van der Waals surface area contributed by atoms with Gasteiger partial charge >= 0.3 is 6.18 Å². The summed E-state index contributed by atoms with van der Waals surface area (Å²) in [5.41, 5.74) is 2.81. The number of amidine groups is 1. The van der Waals surface area contributed by atoms with Gasteiger partial charge in [-0.25, -0.2) is 10.8 Å². The molecule has 0 saturated carbocycles. The largest absolute Gasteiger partial charge is 0.423 e. The molecule has 3 atom stereocenters. The first kappa shape index (κ1) is 22.8. The van der Waals surface area contributed by atoms with Gasteiger partial charge in [0.1, 0.15) is 17.1 Å². The van der Waals surface area contributed by atoms with Crippen LogP contribution in [-0.2, 0) is 4.74 Å². The highest BCUT2D eigenvalue weighted by molar-refractivity contribution is 7.13. The minimum absolute atomic E-state index is 0.0721. The van der Waals surface area contributed by atoms with Crippen LogP contribution in [-0.4, -0.2) is 53.8 Å². The lowest BCUT2D eigenvalue weighted by Crippen LogP contribution is -2.51. The quantitative estimate of drug-likeness (QED) is 0.175. The topological polar surface area (TPSA) is 140 Å². The Kier molecular flexibility index (Phi) is 6.06. The van der Waals surface area contributed by atoms with E-state index in [2.05, 4.69) is 25.8 Å². The highest BCUT2D eigenvalue weighted by Gasteiger charge is 2.44. The maximum absolute atomic E-state index is 14.1. The fraction of sp³-hybridized carbons (Fsp3) is 0.450. The number of hydrazine groups is 1. The number of hydrogen-bond donors (Lipinski definition) is 4. The van der Waals surface area contributed by atoms with E-state index < -0.39 is 18.9 Å². The summed E-state index contributed by atoms with van der Waals surface area (Å²) in [5.74, 6) is 10.2. The standard InChI is InChI=1S/C20H23F3N8O2S/c21-20(22,23)17(32-9-14(29-24)30-25)12-3-4-13(18-26-5-6-34-18)16-15(12)28-19(33-16)31-7-10-1-2-11(8-31)27-10/h3-6,10-11,17,27H,1-2,7-9,24-25H2,(H,29,30). The van der Waals surface area contributed by atoms with Gasteiger partial charge in [-0.1, -0.05) is 6.07 Å². The van der Waals surface area contributed by atoms with E-state index in [9.17, 15) is 13.2 Å². The van der Waals surface area contributed by atoms with Crippen LogP contribution in [0.1, 0.15) is 24.5 Å². The summed E-state index contributed by atoms with van der Waals surface area (Å²) in [4.78, 5) is 10.8. The van der Waals surface area contributed by atoms with Crippen molar-refractivity contribution in [3.63, 3.8) is 0 Å². The SMILES string of the molecule is N/N=C(/COC(c1ccc(-c2nccs2)c2oc(N3CC4CCC(C3)N4)nc12)C(F)(F)F)NN. The molecule has 34 heavy (non-hydrogen) atoms. The first-order chi connectivity index (χ1) is 16.4. The van der Waals surface area contributed by atoms with Crippen LogP contribution < -0.4 is 27.3 Å². The predicted octanol–water partition coefficient (Wildman–Crippen LogP) is 2.25. The molecule has 4 heterocycles. The number of ether oxygens (including phenoxy) is 1. The predicted molar refractivity (Wildman–Crippen MR) is 121 cm³/mol. The monoisotopic (exact) mass is 496 g/mol. The summed E-state index contributed by atoms with van der Waals surface area (Å²) in [7, 11) is 0. The molecule has 1 aromatic carbocycles. The number of nitrogens with zero attached hydrogens (tertiary/aromatic N) is 4. The molecule has 0 spiro atoms. The van der Waals surface area contributed by atoms with Gasteiger partial charge < -0.3 is 30.6 Å². The van der Waals surface area contributed by atoms with E-state index in [1.807, 2.05) is 4.90 Å². The van der Waals surface area contributed by atoms with Crippen molar-refractivity contribution in [1.82, 2.24) is 20.7 Å². The van der Waals surface area contributed by atoms with Crippen LogP contribution in [0.15, 0.2) is 33.2 Å². The minimum Gasteiger partial charge on any atom is -0.423 e. The molecule has 3 unspecified atom stereocenters. The number of fused-ring (bicyclic) bond motifs is 3. The van der Waals surface area contributed by atoms with Gasteiger partial charge in [0.15, 0.2) is 17.5 Å². The van der Waals surface area contributed by atoms with Gasteiger partial charge in [0, 0.05) is 42.3 Å². The average Bonchev–Trinajstić information content (AvgIpc) is 3.56. The van der Waals surface area contributed by atoms with E-state index in [-0.39, 0.29) is 28.5 Å². The molecule has 2 aromatic heterocycles. The zero-order chi connectivity index (χ0) is 23.9. The maximum Gasteiger partial charge on any atom is 0.418 e. The van der Waals surface area contributed by atoms with Crippen molar-refractivity contribution in [2.24, 2.45) is 16.8 Å². The van der Waals surface area contributed by atoms with Gasteiger partial charge in [-0.3, -0.25) is 0 Å². The Balaban J connectivity index is 1.59. The highest BCUT2D eigenvalue weighted by Crippen LogP contribution is 2.43. The number of hydrogen-bond acceptors (Lipinski definition) is 10. The molecule has 0 radical (unpaired) electrons. The number of thiazole rings is 1. The van der Waals surface area contributed by atoms with Crippen molar-refractivity contribution in [2.45, 2.75) is 37.2 Å². The number of anilines is 1. The lowest BCUT2D eigenvalue weighted by Gasteiger charge is -2.31. The van der Waals surface area contributed by atoms with Gasteiger partial charge in [0.25, 0.3) is 6.01 Å².